The molecule has 0 spiro atoms. The molecular weight excluding hydrogens is 227 g/mol. The van der Waals surface area contributed by atoms with Gasteiger partial charge < -0.3 is 0 Å². The fourth-order valence-corrected chi connectivity index (χ4v) is 1.84. The number of aromatic nitrogens is 1. The number of rotatable bonds is 3. The van der Waals surface area contributed by atoms with Gasteiger partial charge >= 0.3 is 0 Å². The van der Waals surface area contributed by atoms with E-state index >= 15 is 0 Å². The lowest BCUT2D eigenvalue weighted by Crippen LogP contribution is -2.35. The van der Waals surface area contributed by atoms with Crippen molar-refractivity contribution in [3.8, 4) is 0 Å². The molecule has 0 aliphatic carbocycles. The van der Waals surface area contributed by atoms with Crippen molar-refractivity contribution in [2.75, 3.05) is 0 Å². The first-order chi connectivity index (χ1) is 7.30. The summed E-state index contributed by atoms with van der Waals surface area (Å²) >= 11 is 0. The summed E-state index contributed by atoms with van der Waals surface area (Å²) in [6.07, 6.45) is 1.16. The molecule has 1 heterocycles. The second-order valence-corrected chi connectivity index (χ2v) is 6.62. The van der Waals surface area contributed by atoms with Gasteiger partial charge in [-0.2, -0.15) is 0 Å². The minimum atomic E-state index is -1.16. The maximum Gasteiger partial charge on any atom is 0.141 e. The number of pyridine rings is 1. The molecule has 0 aliphatic rings. The summed E-state index contributed by atoms with van der Waals surface area (Å²) in [4.78, 5) is 3.94. The normalized spacial score (nSPS) is 15.8. The van der Waals surface area contributed by atoms with Gasteiger partial charge in [0.05, 0.1) is 33.7 Å². The Morgan fingerprint density at radius 1 is 1.44 bits per heavy atom. The zero-order valence-electron chi connectivity index (χ0n) is 9.95. The largest absolute Gasteiger partial charge is 0.257 e. The first kappa shape index (κ1) is 13.3. The molecule has 1 rings (SSSR count). The molecule has 0 radical (unpaired) electrons. The number of hydrogen-bond acceptors (Lipinski definition) is 2. The molecule has 5 heteroatoms. The van der Waals surface area contributed by atoms with Gasteiger partial charge in [0, 0.05) is 0 Å². The highest BCUT2D eigenvalue weighted by molar-refractivity contribution is 7.84. The average molecular weight is 244 g/mol. The Kier molecular flexibility index (Phi) is 4.15. The van der Waals surface area contributed by atoms with Crippen molar-refractivity contribution in [3.05, 3.63) is 29.8 Å². The smallest absolute Gasteiger partial charge is 0.141 e. The van der Waals surface area contributed by atoms with Crippen LogP contribution < -0.4 is 4.72 Å². The van der Waals surface area contributed by atoms with Gasteiger partial charge in [0.15, 0.2) is 0 Å². The van der Waals surface area contributed by atoms with E-state index in [1.54, 1.807) is 6.07 Å². The molecule has 3 nitrogen and oxygen atoms in total. The maximum absolute atomic E-state index is 12.7. The quantitative estimate of drug-likeness (QED) is 0.886. The highest BCUT2D eigenvalue weighted by Gasteiger charge is 2.21. The molecule has 1 N–H and O–H groups in total. The Balaban J connectivity index is 2.69. The van der Waals surface area contributed by atoms with Crippen LogP contribution in [0.15, 0.2) is 18.3 Å². The van der Waals surface area contributed by atoms with Gasteiger partial charge in [-0.3, -0.25) is 4.98 Å². The van der Waals surface area contributed by atoms with E-state index in [4.69, 9.17) is 0 Å². The number of halogens is 1. The van der Waals surface area contributed by atoms with Crippen LogP contribution in [0.1, 0.15) is 39.4 Å². The van der Waals surface area contributed by atoms with Crippen LogP contribution in [-0.2, 0) is 11.0 Å². The van der Waals surface area contributed by atoms with Gasteiger partial charge in [0.1, 0.15) is 5.82 Å². The molecule has 2 atom stereocenters. The van der Waals surface area contributed by atoms with Crippen molar-refractivity contribution in [1.29, 1.82) is 0 Å². The fourth-order valence-electron chi connectivity index (χ4n) is 1.04. The van der Waals surface area contributed by atoms with Crippen LogP contribution in [0.4, 0.5) is 4.39 Å². The molecule has 0 saturated carbocycles. The zero-order chi connectivity index (χ0) is 12.3. The van der Waals surface area contributed by atoms with Crippen LogP contribution in [0.2, 0.25) is 0 Å². The fraction of sp³-hybridized carbons (Fsp3) is 0.545. The molecule has 0 fully saturated rings. The Bertz CT molecular complexity index is 373. The van der Waals surface area contributed by atoms with Crippen LogP contribution in [0, 0.1) is 5.82 Å². The lowest BCUT2D eigenvalue weighted by atomic mass is 10.2. The lowest BCUT2D eigenvalue weighted by Gasteiger charge is -2.21. The molecule has 0 aliphatic heterocycles. The summed E-state index contributed by atoms with van der Waals surface area (Å²) < 4.78 is 27.1. The van der Waals surface area contributed by atoms with E-state index in [2.05, 4.69) is 9.71 Å². The zero-order valence-corrected chi connectivity index (χ0v) is 10.8. The molecule has 1 aromatic rings. The van der Waals surface area contributed by atoms with Crippen LogP contribution >= 0.6 is 0 Å². The van der Waals surface area contributed by atoms with Crippen molar-refractivity contribution < 1.29 is 8.60 Å². The topological polar surface area (TPSA) is 42.0 Å². The van der Waals surface area contributed by atoms with Crippen molar-refractivity contribution >= 4 is 11.0 Å². The van der Waals surface area contributed by atoms with Gasteiger partial charge in [0.25, 0.3) is 0 Å². The second kappa shape index (κ2) is 5.01. The maximum atomic E-state index is 12.7. The van der Waals surface area contributed by atoms with Gasteiger partial charge in [-0.1, -0.05) is 0 Å². The van der Waals surface area contributed by atoms with Crippen molar-refractivity contribution in [2.24, 2.45) is 0 Å². The lowest BCUT2D eigenvalue weighted by molar-refractivity contribution is 0.600. The monoisotopic (exact) mass is 244 g/mol. The third-order valence-electron chi connectivity index (χ3n) is 2.03. The van der Waals surface area contributed by atoms with Crippen LogP contribution in [0.3, 0.4) is 0 Å². The molecule has 0 saturated heterocycles. The van der Waals surface area contributed by atoms with Crippen LogP contribution in [-0.4, -0.2) is 13.9 Å². The van der Waals surface area contributed by atoms with Gasteiger partial charge in [-0.15, -0.1) is 0 Å². The predicted molar refractivity (Wildman–Crippen MR) is 63.6 cm³/mol. The van der Waals surface area contributed by atoms with E-state index in [9.17, 15) is 8.60 Å². The Morgan fingerprint density at radius 2 is 2.06 bits per heavy atom. The Morgan fingerprint density at radius 3 is 2.50 bits per heavy atom. The second-order valence-electron chi connectivity index (χ2n) is 4.62. The summed E-state index contributed by atoms with van der Waals surface area (Å²) in [5.74, 6) is -0.368. The third kappa shape index (κ3) is 3.64. The van der Waals surface area contributed by atoms with E-state index in [1.165, 1.54) is 6.07 Å². The first-order valence-corrected chi connectivity index (χ1v) is 6.25. The third-order valence-corrected chi connectivity index (χ3v) is 3.71. The van der Waals surface area contributed by atoms with Crippen LogP contribution in [0.25, 0.3) is 0 Å². The minimum absolute atomic E-state index is 0.166. The SMILES string of the molecule is C[C@@H](N[S@](=O)C(C)(C)C)c1ccc(F)cn1. The molecule has 0 bridgehead atoms. The Labute approximate surface area is 98.1 Å². The summed E-state index contributed by atoms with van der Waals surface area (Å²) in [5, 5.41) is 0. The van der Waals surface area contributed by atoms with Crippen molar-refractivity contribution in [2.45, 2.75) is 38.5 Å². The molecule has 0 unspecified atom stereocenters. The highest BCUT2D eigenvalue weighted by atomic mass is 32.2. The Hall–Kier alpha value is -0.810. The van der Waals surface area contributed by atoms with E-state index in [0.29, 0.717) is 5.69 Å². The summed E-state index contributed by atoms with van der Waals surface area (Å²) in [7, 11) is -1.16. The molecule has 90 valence electrons. The number of hydrogen-bond donors (Lipinski definition) is 1. The summed E-state index contributed by atoms with van der Waals surface area (Å²) in [6, 6.07) is 2.77. The number of nitrogens with zero attached hydrogens (tertiary/aromatic N) is 1. The minimum Gasteiger partial charge on any atom is -0.257 e. The average Bonchev–Trinajstić information content (AvgIpc) is 2.17. The molecule has 16 heavy (non-hydrogen) atoms. The van der Waals surface area contributed by atoms with Gasteiger partial charge in [-0.25, -0.2) is 13.3 Å². The number of nitrogens with one attached hydrogen (secondary N) is 1. The standard InChI is InChI=1S/C11H17FN2OS/c1-8(14-16(15)11(2,3)4)10-6-5-9(12)7-13-10/h5-8,14H,1-4H3/t8-,16-/m1/s1. The predicted octanol–water partition coefficient (Wildman–Crippen LogP) is 2.33. The summed E-state index contributed by atoms with van der Waals surface area (Å²) in [5.41, 5.74) is 0.680. The van der Waals surface area contributed by atoms with Crippen molar-refractivity contribution in [3.63, 3.8) is 0 Å². The molecule has 0 aromatic carbocycles. The highest BCUT2D eigenvalue weighted by Crippen LogP contribution is 2.15. The molecule has 0 amide bonds. The van der Waals surface area contributed by atoms with Crippen molar-refractivity contribution in [1.82, 2.24) is 9.71 Å². The molecular formula is C11H17FN2OS. The van der Waals surface area contributed by atoms with E-state index in [-0.39, 0.29) is 16.6 Å². The molecule has 1 aromatic heterocycles. The van der Waals surface area contributed by atoms with E-state index in [0.717, 1.165) is 6.20 Å². The van der Waals surface area contributed by atoms with Crippen LogP contribution in [0.5, 0.6) is 0 Å². The first-order valence-electron chi connectivity index (χ1n) is 5.10. The van der Waals surface area contributed by atoms with Gasteiger partial charge in [0.2, 0.25) is 0 Å². The summed E-state index contributed by atoms with van der Waals surface area (Å²) in [6.45, 7) is 7.52. The van der Waals surface area contributed by atoms with E-state index in [1.807, 2.05) is 27.7 Å². The van der Waals surface area contributed by atoms with E-state index < -0.39 is 11.0 Å². The van der Waals surface area contributed by atoms with Gasteiger partial charge in [-0.05, 0) is 39.8 Å².